The van der Waals surface area contributed by atoms with Crippen molar-refractivity contribution < 1.29 is 9.32 Å². The van der Waals surface area contributed by atoms with Gasteiger partial charge in [-0.2, -0.15) is 4.98 Å². The molecule has 1 saturated heterocycles. The fourth-order valence-corrected chi connectivity index (χ4v) is 2.49. The standard InChI is InChI=1S/C14H17N5O3/c1-8(2)12-17-13(22-18-12)10-4-3-5-19(10)14(21)9-6-16-11(20)7-15-9/h6-8,10H,3-5H2,1-2H3,(H,16,20)/t10-/m0/s1. The van der Waals surface area contributed by atoms with Crippen LogP contribution in [0.25, 0.3) is 0 Å². The van der Waals surface area contributed by atoms with E-state index in [0.29, 0.717) is 18.3 Å². The van der Waals surface area contributed by atoms with E-state index < -0.39 is 0 Å². The predicted octanol–water partition coefficient (Wildman–Crippen LogP) is 1.25. The highest BCUT2D eigenvalue weighted by atomic mass is 16.5. The van der Waals surface area contributed by atoms with Gasteiger partial charge < -0.3 is 14.4 Å². The highest BCUT2D eigenvalue weighted by molar-refractivity contribution is 5.92. The van der Waals surface area contributed by atoms with Crippen molar-refractivity contribution in [1.82, 2.24) is 25.0 Å². The number of hydrogen-bond donors (Lipinski definition) is 1. The summed E-state index contributed by atoms with van der Waals surface area (Å²) in [6.07, 6.45) is 4.06. The molecule has 3 heterocycles. The number of likely N-dealkylation sites (tertiary alicyclic amines) is 1. The summed E-state index contributed by atoms with van der Waals surface area (Å²) in [4.78, 5) is 36.0. The lowest BCUT2D eigenvalue weighted by molar-refractivity contribution is 0.0703. The molecule has 116 valence electrons. The van der Waals surface area contributed by atoms with Gasteiger partial charge in [0.25, 0.3) is 11.5 Å². The van der Waals surface area contributed by atoms with Crippen molar-refractivity contribution in [3.8, 4) is 0 Å². The van der Waals surface area contributed by atoms with Crippen LogP contribution in [0.2, 0.25) is 0 Å². The van der Waals surface area contributed by atoms with E-state index in [2.05, 4.69) is 20.1 Å². The number of aromatic amines is 1. The minimum absolute atomic E-state index is 0.170. The molecular weight excluding hydrogens is 286 g/mol. The molecular formula is C14H17N5O3. The Labute approximate surface area is 126 Å². The van der Waals surface area contributed by atoms with Crippen molar-refractivity contribution in [2.45, 2.75) is 38.6 Å². The maximum Gasteiger partial charge on any atom is 0.274 e. The van der Waals surface area contributed by atoms with E-state index in [0.717, 1.165) is 19.0 Å². The predicted molar refractivity (Wildman–Crippen MR) is 76.3 cm³/mol. The highest BCUT2D eigenvalue weighted by Gasteiger charge is 2.35. The first-order valence-corrected chi connectivity index (χ1v) is 7.25. The molecule has 8 heteroatoms. The Balaban J connectivity index is 1.84. The van der Waals surface area contributed by atoms with Crippen LogP contribution in [0.1, 0.15) is 60.9 Å². The average molecular weight is 303 g/mol. The quantitative estimate of drug-likeness (QED) is 0.915. The third kappa shape index (κ3) is 2.63. The number of carbonyl (C=O) groups excluding carboxylic acids is 1. The first kappa shape index (κ1) is 14.4. The van der Waals surface area contributed by atoms with Crippen LogP contribution in [-0.2, 0) is 0 Å². The maximum absolute atomic E-state index is 12.5. The van der Waals surface area contributed by atoms with Crippen LogP contribution in [0, 0.1) is 0 Å². The molecule has 22 heavy (non-hydrogen) atoms. The zero-order chi connectivity index (χ0) is 15.7. The Kier molecular flexibility index (Phi) is 3.74. The number of amides is 1. The minimum Gasteiger partial charge on any atom is -0.337 e. The van der Waals surface area contributed by atoms with Gasteiger partial charge in [0.2, 0.25) is 5.89 Å². The number of nitrogens with zero attached hydrogens (tertiary/aromatic N) is 4. The first-order chi connectivity index (χ1) is 10.6. The molecule has 3 rings (SSSR count). The molecule has 8 nitrogen and oxygen atoms in total. The lowest BCUT2D eigenvalue weighted by Gasteiger charge is -2.21. The van der Waals surface area contributed by atoms with E-state index >= 15 is 0 Å². The summed E-state index contributed by atoms with van der Waals surface area (Å²) >= 11 is 0. The molecule has 0 unspecified atom stereocenters. The van der Waals surface area contributed by atoms with Gasteiger partial charge in [0.1, 0.15) is 11.7 Å². The summed E-state index contributed by atoms with van der Waals surface area (Å²) < 4.78 is 5.31. The van der Waals surface area contributed by atoms with Crippen molar-refractivity contribution >= 4 is 5.91 Å². The van der Waals surface area contributed by atoms with Crippen molar-refractivity contribution in [3.63, 3.8) is 0 Å². The van der Waals surface area contributed by atoms with Crippen molar-refractivity contribution in [3.05, 3.63) is 40.2 Å². The number of H-pyrrole nitrogens is 1. The molecule has 2 aromatic rings. The summed E-state index contributed by atoms with van der Waals surface area (Å²) in [7, 11) is 0. The fourth-order valence-electron chi connectivity index (χ4n) is 2.49. The molecule has 2 aromatic heterocycles. The minimum atomic E-state index is -0.340. The van der Waals surface area contributed by atoms with Gasteiger partial charge in [-0.15, -0.1) is 0 Å². The van der Waals surface area contributed by atoms with Crippen LogP contribution in [0.5, 0.6) is 0 Å². The second-order valence-corrected chi connectivity index (χ2v) is 5.60. The van der Waals surface area contributed by atoms with Gasteiger partial charge in [0.15, 0.2) is 5.82 Å². The number of nitrogens with one attached hydrogen (secondary N) is 1. The van der Waals surface area contributed by atoms with Gasteiger partial charge >= 0.3 is 0 Å². The number of carbonyl (C=O) groups is 1. The Hall–Kier alpha value is -2.51. The molecule has 1 aliphatic rings. The van der Waals surface area contributed by atoms with E-state index in [4.69, 9.17) is 4.52 Å². The van der Waals surface area contributed by atoms with Gasteiger partial charge in [-0.1, -0.05) is 19.0 Å². The summed E-state index contributed by atoms with van der Waals surface area (Å²) in [6.45, 7) is 4.57. The van der Waals surface area contributed by atoms with E-state index in [-0.39, 0.29) is 29.1 Å². The topological polar surface area (TPSA) is 105 Å². The Morgan fingerprint density at radius 3 is 2.95 bits per heavy atom. The normalized spacial score (nSPS) is 18.1. The van der Waals surface area contributed by atoms with Gasteiger partial charge in [-0.3, -0.25) is 9.59 Å². The van der Waals surface area contributed by atoms with Crippen LogP contribution in [0.3, 0.4) is 0 Å². The second-order valence-electron chi connectivity index (χ2n) is 5.60. The molecule has 1 amide bonds. The summed E-state index contributed by atoms with van der Waals surface area (Å²) in [5.41, 5.74) is -0.136. The SMILES string of the molecule is CC(C)c1noc([C@@H]2CCCN2C(=O)c2c[nH]c(=O)cn2)n1. The summed E-state index contributed by atoms with van der Waals surface area (Å²) in [5.74, 6) is 1.02. The fraction of sp³-hybridized carbons (Fsp3) is 0.500. The molecule has 0 spiro atoms. The third-order valence-corrected chi connectivity index (χ3v) is 3.66. The molecule has 0 bridgehead atoms. The zero-order valence-corrected chi connectivity index (χ0v) is 12.4. The molecule has 0 aliphatic carbocycles. The molecule has 0 aromatic carbocycles. The molecule has 0 saturated carbocycles. The Bertz CT molecular complexity index is 716. The number of hydrogen-bond acceptors (Lipinski definition) is 6. The smallest absolute Gasteiger partial charge is 0.274 e. The van der Waals surface area contributed by atoms with E-state index in [9.17, 15) is 9.59 Å². The average Bonchev–Trinajstić information content (AvgIpc) is 3.16. The van der Waals surface area contributed by atoms with Gasteiger partial charge in [-0.25, -0.2) is 4.98 Å². The lowest BCUT2D eigenvalue weighted by Crippen LogP contribution is -2.32. The monoisotopic (exact) mass is 303 g/mol. The van der Waals surface area contributed by atoms with Crippen LogP contribution in [0.15, 0.2) is 21.7 Å². The van der Waals surface area contributed by atoms with Crippen molar-refractivity contribution in [2.75, 3.05) is 6.54 Å². The summed E-state index contributed by atoms with van der Waals surface area (Å²) in [6, 6.07) is -0.235. The molecule has 1 fully saturated rings. The Morgan fingerprint density at radius 2 is 2.32 bits per heavy atom. The maximum atomic E-state index is 12.5. The van der Waals surface area contributed by atoms with Crippen LogP contribution in [-0.4, -0.2) is 37.5 Å². The summed E-state index contributed by atoms with van der Waals surface area (Å²) in [5, 5.41) is 3.95. The Morgan fingerprint density at radius 1 is 1.50 bits per heavy atom. The van der Waals surface area contributed by atoms with Crippen LogP contribution in [0.4, 0.5) is 0 Å². The van der Waals surface area contributed by atoms with Crippen molar-refractivity contribution in [2.24, 2.45) is 0 Å². The number of aromatic nitrogens is 4. The van der Waals surface area contributed by atoms with E-state index in [1.807, 2.05) is 13.8 Å². The number of rotatable bonds is 3. The zero-order valence-electron chi connectivity index (χ0n) is 12.4. The molecule has 1 atom stereocenters. The van der Waals surface area contributed by atoms with E-state index in [1.165, 1.54) is 6.20 Å². The molecule has 1 aliphatic heterocycles. The molecule has 0 radical (unpaired) electrons. The van der Waals surface area contributed by atoms with Gasteiger partial charge in [0, 0.05) is 18.7 Å². The second kappa shape index (κ2) is 5.70. The van der Waals surface area contributed by atoms with Crippen molar-refractivity contribution in [1.29, 1.82) is 0 Å². The van der Waals surface area contributed by atoms with E-state index in [1.54, 1.807) is 4.90 Å². The van der Waals surface area contributed by atoms with Gasteiger partial charge in [0.05, 0.1) is 6.20 Å². The first-order valence-electron chi connectivity index (χ1n) is 7.25. The largest absolute Gasteiger partial charge is 0.337 e. The lowest BCUT2D eigenvalue weighted by atomic mass is 10.2. The van der Waals surface area contributed by atoms with Crippen LogP contribution < -0.4 is 5.56 Å². The molecule has 1 N–H and O–H groups in total. The van der Waals surface area contributed by atoms with Crippen LogP contribution >= 0.6 is 0 Å². The third-order valence-electron chi connectivity index (χ3n) is 3.66. The van der Waals surface area contributed by atoms with Gasteiger partial charge in [-0.05, 0) is 12.8 Å². The highest BCUT2D eigenvalue weighted by Crippen LogP contribution is 2.32.